The van der Waals surface area contributed by atoms with Crippen molar-refractivity contribution in [1.82, 2.24) is 15.0 Å². The topological polar surface area (TPSA) is 47.9 Å². The molecule has 0 aliphatic rings. The Labute approximate surface area is 79.6 Å². The summed E-state index contributed by atoms with van der Waals surface area (Å²) in [7, 11) is 1.55. The smallest absolute Gasteiger partial charge is 0.213 e. The van der Waals surface area contributed by atoms with E-state index >= 15 is 0 Å². The van der Waals surface area contributed by atoms with Crippen LogP contribution in [0.3, 0.4) is 0 Å². The zero-order valence-corrected chi connectivity index (χ0v) is 7.62. The lowest BCUT2D eigenvalue weighted by atomic mass is 10.3. The van der Waals surface area contributed by atoms with Gasteiger partial charge in [-0.25, -0.2) is 15.0 Å². The molecule has 5 heteroatoms. The van der Waals surface area contributed by atoms with Gasteiger partial charge in [-0.05, 0) is 0 Å². The molecule has 13 heavy (non-hydrogen) atoms. The number of aromatic nitrogens is 3. The molecule has 0 saturated carbocycles. The lowest BCUT2D eigenvalue weighted by Crippen LogP contribution is -1.89. The number of fused-ring (bicyclic) bond motifs is 1. The Bertz CT molecular complexity index is 446. The number of pyridine rings is 1. The van der Waals surface area contributed by atoms with Crippen LogP contribution < -0.4 is 4.74 Å². The van der Waals surface area contributed by atoms with Crippen LogP contribution in [0.15, 0.2) is 18.6 Å². The molecule has 0 saturated heterocycles. The van der Waals surface area contributed by atoms with Crippen LogP contribution in [0.25, 0.3) is 10.9 Å². The van der Waals surface area contributed by atoms with Gasteiger partial charge in [0.05, 0.1) is 18.8 Å². The Morgan fingerprint density at radius 3 is 2.92 bits per heavy atom. The third kappa shape index (κ3) is 1.40. The molecule has 2 heterocycles. The van der Waals surface area contributed by atoms with E-state index in [1.807, 2.05) is 0 Å². The Hall–Kier alpha value is -1.42. The number of methoxy groups -OCH3 is 1. The van der Waals surface area contributed by atoms with Crippen LogP contribution in [-0.4, -0.2) is 22.1 Å². The number of ether oxygens (including phenoxy) is 1. The van der Waals surface area contributed by atoms with Gasteiger partial charge in [0.1, 0.15) is 11.5 Å². The molecule has 0 atom stereocenters. The molecule has 0 spiro atoms. The van der Waals surface area contributed by atoms with Crippen molar-refractivity contribution in [3.8, 4) is 5.88 Å². The molecular formula is C8H6ClN3O. The van der Waals surface area contributed by atoms with Gasteiger partial charge in [0.2, 0.25) is 5.88 Å². The maximum absolute atomic E-state index is 5.85. The minimum Gasteiger partial charge on any atom is -0.481 e. The highest BCUT2D eigenvalue weighted by molar-refractivity contribution is 6.34. The highest BCUT2D eigenvalue weighted by Crippen LogP contribution is 2.21. The Morgan fingerprint density at radius 2 is 2.15 bits per heavy atom. The monoisotopic (exact) mass is 195 g/mol. The van der Waals surface area contributed by atoms with Crippen LogP contribution in [-0.2, 0) is 0 Å². The molecular weight excluding hydrogens is 190 g/mol. The summed E-state index contributed by atoms with van der Waals surface area (Å²) in [6.45, 7) is 0. The first-order chi connectivity index (χ1) is 6.31. The molecule has 2 aromatic rings. The second-order valence-corrected chi connectivity index (χ2v) is 2.77. The quantitative estimate of drug-likeness (QED) is 0.650. The Kier molecular flexibility index (Phi) is 1.98. The number of hydrogen-bond donors (Lipinski definition) is 0. The van der Waals surface area contributed by atoms with Crippen molar-refractivity contribution in [2.24, 2.45) is 0 Å². The molecule has 0 aliphatic carbocycles. The maximum atomic E-state index is 5.85. The van der Waals surface area contributed by atoms with Crippen LogP contribution in [0.2, 0.25) is 5.15 Å². The van der Waals surface area contributed by atoms with Gasteiger partial charge in [0, 0.05) is 11.5 Å². The minimum absolute atomic E-state index is 0.408. The van der Waals surface area contributed by atoms with E-state index in [0.717, 1.165) is 5.39 Å². The summed E-state index contributed by atoms with van der Waals surface area (Å²) < 4.78 is 4.95. The number of halogens is 1. The number of nitrogens with zero attached hydrogens (tertiary/aromatic N) is 3. The van der Waals surface area contributed by atoms with Crippen molar-refractivity contribution in [1.29, 1.82) is 0 Å². The van der Waals surface area contributed by atoms with Gasteiger partial charge in [-0.2, -0.15) is 0 Å². The Morgan fingerprint density at radius 1 is 1.31 bits per heavy atom. The normalized spacial score (nSPS) is 10.3. The summed E-state index contributed by atoms with van der Waals surface area (Å²) in [5.41, 5.74) is 0.709. The maximum Gasteiger partial charge on any atom is 0.213 e. The van der Waals surface area contributed by atoms with Gasteiger partial charge in [0.15, 0.2) is 0 Å². The first-order valence-corrected chi connectivity index (χ1v) is 3.99. The second kappa shape index (κ2) is 3.14. The lowest BCUT2D eigenvalue weighted by molar-refractivity contribution is 0.398. The van der Waals surface area contributed by atoms with E-state index < -0.39 is 0 Å². The van der Waals surface area contributed by atoms with E-state index in [-0.39, 0.29) is 0 Å². The van der Waals surface area contributed by atoms with Crippen molar-refractivity contribution in [2.75, 3.05) is 7.11 Å². The summed E-state index contributed by atoms with van der Waals surface area (Å²) in [6, 6.07) is 1.71. The predicted molar refractivity (Wildman–Crippen MR) is 48.9 cm³/mol. The minimum atomic E-state index is 0.408. The van der Waals surface area contributed by atoms with Crippen LogP contribution >= 0.6 is 11.6 Å². The van der Waals surface area contributed by atoms with Crippen molar-refractivity contribution in [3.05, 3.63) is 23.7 Å². The average molecular weight is 196 g/mol. The summed E-state index contributed by atoms with van der Waals surface area (Å²) in [5, 5.41) is 1.15. The van der Waals surface area contributed by atoms with Crippen molar-refractivity contribution in [2.45, 2.75) is 0 Å². The lowest BCUT2D eigenvalue weighted by Gasteiger charge is -2.00. The molecule has 0 fully saturated rings. The third-order valence-corrected chi connectivity index (χ3v) is 1.96. The van der Waals surface area contributed by atoms with Gasteiger partial charge in [-0.15, -0.1) is 0 Å². The number of hydrogen-bond acceptors (Lipinski definition) is 4. The van der Waals surface area contributed by atoms with E-state index in [9.17, 15) is 0 Å². The van der Waals surface area contributed by atoms with Crippen molar-refractivity contribution in [3.63, 3.8) is 0 Å². The summed E-state index contributed by atoms with van der Waals surface area (Å²) in [5.74, 6) is 0.504. The fourth-order valence-electron chi connectivity index (χ4n) is 1.02. The molecule has 0 aliphatic heterocycles. The summed E-state index contributed by atoms with van der Waals surface area (Å²) in [4.78, 5) is 11.9. The van der Waals surface area contributed by atoms with Crippen molar-refractivity contribution >= 4 is 22.5 Å². The van der Waals surface area contributed by atoms with Crippen LogP contribution in [0.4, 0.5) is 0 Å². The van der Waals surface area contributed by atoms with E-state index in [1.54, 1.807) is 19.4 Å². The average Bonchev–Trinajstić information content (AvgIpc) is 2.18. The van der Waals surface area contributed by atoms with Crippen LogP contribution in [0, 0.1) is 0 Å². The SMILES string of the molecule is COc1cc2c(Cl)ncnc2cn1. The zero-order chi connectivity index (χ0) is 9.26. The first kappa shape index (κ1) is 8.19. The van der Waals surface area contributed by atoms with E-state index in [2.05, 4.69) is 15.0 Å². The Balaban J connectivity index is 2.74. The van der Waals surface area contributed by atoms with Gasteiger partial charge in [-0.1, -0.05) is 11.6 Å². The molecule has 4 nitrogen and oxygen atoms in total. The first-order valence-electron chi connectivity index (χ1n) is 3.61. The van der Waals surface area contributed by atoms with Gasteiger partial charge < -0.3 is 4.74 Å². The molecule has 2 aromatic heterocycles. The fraction of sp³-hybridized carbons (Fsp3) is 0.125. The standard InChI is InChI=1S/C8H6ClN3O/c1-13-7-2-5-6(3-10-7)11-4-12-8(5)9/h2-4H,1H3. The predicted octanol–water partition coefficient (Wildman–Crippen LogP) is 1.69. The van der Waals surface area contributed by atoms with Crippen LogP contribution in [0.5, 0.6) is 5.88 Å². The largest absolute Gasteiger partial charge is 0.481 e. The summed E-state index contributed by atoms with van der Waals surface area (Å²) >= 11 is 5.85. The fourth-order valence-corrected chi connectivity index (χ4v) is 1.22. The highest BCUT2D eigenvalue weighted by Gasteiger charge is 2.02. The molecule has 0 aromatic carbocycles. The molecule has 0 N–H and O–H groups in total. The molecule has 66 valence electrons. The molecule has 2 rings (SSSR count). The van der Waals surface area contributed by atoms with Gasteiger partial charge >= 0.3 is 0 Å². The van der Waals surface area contributed by atoms with Crippen molar-refractivity contribution < 1.29 is 4.74 Å². The molecule has 0 unspecified atom stereocenters. The molecule has 0 bridgehead atoms. The number of rotatable bonds is 1. The van der Waals surface area contributed by atoms with Gasteiger partial charge in [0.25, 0.3) is 0 Å². The van der Waals surface area contributed by atoms with Crippen LogP contribution in [0.1, 0.15) is 0 Å². The third-order valence-electron chi connectivity index (χ3n) is 1.66. The molecule has 0 amide bonds. The second-order valence-electron chi connectivity index (χ2n) is 2.41. The summed E-state index contributed by atoms with van der Waals surface area (Å²) in [6.07, 6.45) is 3.00. The van der Waals surface area contributed by atoms with E-state index in [4.69, 9.17) is 16.3 Å². The molecule has 0 radical (unpaired) electrons. The van der Waals surface area contributed by atoms with E-state index in [0.29, 0.717) is 16.5 Å². The highest BCUT2D eigenvalue weighted by atomic mass is 35.5. The zero-order valence-electron chi connectivity index (χ0n) is 6.86. The van der Waals surface area contributed by atoms with Gasteiger partial charge in [-0.3, -0.25) is 0 Å². The van der Waals surface area contributed by atoms with E-state index in [1.165, 1.54) is 6.33 Å².